The number of halogens is 2. The van der Waals surface area contributed by atoms with Gasteiger partial charge < -0.3 is 5.11 Å². The van der Waals surface area contributed by atoms with Crippen LogP contribution < -0.4 is 0 Å². The van der Waals surface area contributed by atoms with Gasteiger partial charge in [-0.15, -0.1) is 0 Å². The Morgan fingerprint density at radius 1 is 1.20 bits per heavy atom. The first kappa shape index (κ1) is 10.6. The molecule has 0 radical (unpaired) electrons. The van der Waals surface area contributed by atoms with E-state index >= 15 is 0 Å². The number of benzene rings is 1. The molecule has 2 rings (SSSR count). The molecule has 1 saturated carbocycles. The second-order valence-electron chi connectivity index (χ2n) is 4.23. The fraction of sp³-hybridized carbons (Fsp3) is 0.500. The Morgan fingerprint density at radius 3 is 2.20 bits per heavy atom. The van der Waals surface area contributed by atoms with Crippen LogP contribution in [0, 0.1) is 5.41 Å². The number of hydrogen-bond donors (Lipinski definition) is 1. The van der Waals surface area contributed by atoms with Gasteiger partial charge in [0.15, 0.2) is 0 Å². The van der Waals surface area contributed by atoms with Gasteiger partial charge in [-0.25, -0.2) is 8.78 Å². The monoisotopic (exact) mass is 212 g/mol. The molecule has 0 aliphatic heterocycles. The zero-order valence-corrected chi connectivity index (χ0v) is 8.42. The lowest BCUT2D eigenvalue weighted by Gasteiger charge is -2.46. The minimum atomic E-state index is -2.92. The van der Waals surface area contributed by atoms with Crippen LogP contribution in [-0.2, 0) is 5.92 Å². The van der Waals surface area contributed by atoms with Crippen LogP contribution in [0.4, 0.5) is 8.78 Å². The largest absolute Gasteiger partial charge is 0.396 e. The molecule has 1 fully saturated rings. The summed E-state index contributed by atoms with van der Waals surface area (Å²) in [4.78, 5) is 0. The van der Waals surface area contributed by atoms with Gasteiger partial charge in [0, 0.05) is 5.56 Å². The van der Waals surface area contributed by atoms with E-state index in [9.17, 15) is 8.78 Å². The van der Waals surface area contributed by atoms with Crippen molar-refractivity contribution in [3.05, 3.63) is 35.9 Å². The smallest absolute Gasteiger partial charge is 0.280 e. The molecule has 0 unspecified atom stereocenters. The molecule has 15 heavy (non-hydrogen) atoms. The highest BCUT2D eigenvalue weighted by Gasteiger charge is 2.57. The maximum Gasteiger partial charge on any atom is 0.280 e. The van der Waals surface area contributed by atoms with Gasteiger partial charge in [-0.05, 0) is 12.8 Å². The van der Waals surface area contributed by atoms with Crippen molar-refractivity contribution in [1.29, 1.82) is 0 Å². The van der Waals surface area contributed by atoms with Crippen molar-refractivity contribution in [2.45, 2.75) is 25.2 Å². The van der Waals surface area contributed by atoms with E-state index in [-0.39, 0.29) is 5.56 Å². The van der Waals surface area contributed by atoms with Crippen molar-refractivity contribution in [3.8, 4) is 0 Å². The Morgan fingerprint density at radius 2 is 1.80 bits per heavy atom. The van der Waals surface area contributed by atoms with Crippen LogP contribution in [0.2, 0.25) is 0 Å². The average Bonchev–Trinajstić information content (AvgIpc) is 2.18. The third-order valence-electron chi connectivity index (χ3n) is 3.42. The van der Waals surface area contributed by atoms with E-state index in [1.165, 1.54) is 12.1 Å². The summed E-state index contributed by atoms with van der Waals surface area (Å²) in [6.07, 6.45) is 1.60. The van der Waals surface area contributed by atoms with Crippen LogP contribution in [0.1, 0.15) is 24.8 Å². The average molecular weight is 212 g/mol. The normalized spacial score (nSPS) is 19.7. The zero-order chi connectivity index (χ0) is 10.9. The molecule has 0 bridgehead atoms. The predicted molar refractivity (Wildman–Crippen MR) is 53.7 cm³/mol. The molecule has 1 aromatic rings. The van der Waals surface area contributed by atoms with E-state index in [1.54, 1.807) is 18.2 Å². The van der Waals surface area contributed by atoms with Crippen molar-refractivity contribution >= 4 is 0 Å². The van der Waals surface area contributed by atoms with Crippen LogP contribution in [0.15, 0.2) is 30.3 Å². The highest BCUT2D eigenvalue weighted by molar-refractivity contribution is 5.24. The molecule has 3 heteroatoms. The van der Waals surface area contributed by atoms with Crippen LogP contribution in [-0.4, -0.2) is 11.7 Å². The molecule has 1 aliphatic rings. The molecule has 0 spiro atoms. The van der Waals surface area contributed by atoms with E-state index in [2.05, 4.69) is 0 Å². The molecule has 0 saturated heterocycles. The van der Waals surface area contributed by atoms with Crippen LogP contribution >= 0.6 is 0 Å². The minimum absolute atomic E-state index is 0.0127. The molecule has 82 valence electrons. The molecular formula is C12H14F2O. The van der Waals surface area contributed by atoms with E-state index in [0.717, 1.165) is 6.42 Å². The van der Waals surface area contributed by atoms with Crippen molar-refractivity contribution in [3.63, 3.8) is 0 Å². The number of rotatable bonds is 3. The number of alkyl halides is 2. The summed E-state index contributed by atoms with van der Waals surface area (Å²) < 4.78 is 28.2. The number of hydrogen-bond acceptors (Lipinski definition) is 1. The third-order valence-corrected chi connectivity index (χ3v) is 3.42. The van der Waals surface area contributed by atoms with Gasteiger partial charge in [0.1, 0.15) is 0 Å². The number of aliphatic hydroxyl groups is 1. The summed E-state index contributed by atoms with van der Waals surface area (Å²) in [6, 6.07) is 7.78. The van der Waals surface area contributed by atoms with Crippen molar-refractivity contribution in [2.75, 3.05) is 6.61 Å². The summed E-state index contributed by atoms with van der Waals surface area (Å²) in [5.41, 5.74) is -1.20. The van der Waals surface area contributed by atoms with Gasteiger partial charge in [-0.3, -0.25) is 0 Å². The lowest BCUT2D eigenvalue weighted by atomic mass is 9.63. The van der Waals surface area contributed by atoms with Gasteiger partial charge in [-0.1, -0.05) is 36.8 Å². The first-order valence-corrected chi connectivity index (χ1v) is 5.17. The summed E-state index contributed by atoms with van der Waals surface area (Å²) in [5.74, 6) is -2.92. The molecular weight excluding hydrogens is 198 g/mol. The minimum Gasteiger partial charge on any atom is -0.396 e. The third kappa shape index (κ3) is 1.46. The molecule has 1 N–H and O–H groups in total. The van der Waals surface area contributed by atoms with E-state index < -0.39 is 17.9 Å². The molecule has 0 atom stereocenters. The molecule has 0 amide bonds. The molecule has 1 nitrogen and oxygen atoms in total. The number of aliphatic hydroxyl groups excluding tert-OH is 1. The summed E-state index contributed by atoms with van der Waals surface area (Å²) in [7, 11) is 0. The lowest BCUT2D eigenvalue weighted by molar-refractivity contribution is -0.188. The summed E-state index contributed by atoms with van der Waals surface area (Å²) in [6.45, 7) is -0.436. The van der Waals surface area contributed by atoms with E-state index in [1.807, 2.05) is 0 Å². The maximum atomic E-state index is 14.1. The fourth-order valence-electron chi connectivity index (χ4n) is 2.13. The molecule has 0 aromatic heterocycles. The lowest BCUT2D eigenvalue weighted by Crippen LogP contribution is -2.47. The van der Waals surface area contributed by atoms with Gasteiger partial charge in [0.2, 0.25) is 0 Å². The van der Waals surface area contributed by atoms with Gasteiger partial charge in [0.25, 0.3) is 5.92 Å². The van der Waals surface area contributed by atoms with Crippen molar-refractivity contribution in [2.24, 2.45) is 5.41 Å². The standard InChI is InChI=1S/C12H14F2O/c13-12(14,10-5-2-1-3-6-10)11(9-15)7-4-8-11/h1-3,5-6,15H,4,7-9H2. The fourth-order valence-corrected chi connectivity index (χ4v) is 2.13. The Bertz CT molecular complexity index is 325. The molecule has 1 aromatic carbocycles. The van der Waals surface area contributed by atoms with Crippen LogP contribution in [0.25, 0.3) is 0 Å². The van der Waals surface area contributed by atoms with Crippen LogP contribution in [0.3, 0.4) is 0 Å². The Hall–Kier alpha value is -0.960. The maximum absolute atomic E-state index is 14.1. The van der Waals surface area contributed by atoms with E-state index in [4.69, 9.17) is 5.11 Å². The van der Waals surface area contributed by atoms with Crippen molar-refractivity contribution < 1.29 is 13.9 Å². The second-order valence-corrected chi connectivity index (χ2v) is 4.23. The first-order chi connectivity index (χ1) is 7.12. The van der Waals surface area contributed by atoms with Crippen LogP contribution in [0.5, 0.6) is 0 Å². The summed E-state index contributed by atoms with van der Waals surface area (Å²) >= 11 is 0. The summed E-state index contributed by atoms with van der Waals surface area (Å²) in [5, 5.41) is 9.15. The Labute approximate surface area is 87.7 Å². The first-order valence-electron chi connectivity index (χ1n) is 5.17. The molecule has 1 aliphatic carbocycles. The SMILES string of the molecule is OCC1(C(F)(F)c2ccccc2)CCC1. The zero-order valence-electron chi connectivity index (χ0n) is 8.42. The second kappa shape index (κ2) is 3.56. The molecule has 0 heterocycles. The highest BCUT2D eigenvalue weighted by atomic mass is 19.3. The van der Waals surface area contributed by atoms with Gasteiger partial charge in [0.05, 0.1) is 12.0 Å². The van der Waals surface area contributed by atoms with Crippen molar-refractivity contribution in [1.82, 2.24) is 0 Å². The quantitative estimate of drug-likeness (QED) is 0.816. The van der Waals surface area contributed by atoms with E-state index in [0.29, 0.717) is 12.8 Å². The topological polar surface area (TPSA) is 20.2 Å². The highest BCUT2D eigenvalue weighted by Crippen LogP contribution is 2.56. The predicted octanol–water partition coefficient (Wildman–Crippen LogP) is 2.94. The van der Waals surface area contributed by atoms with Gasteiger partial charge in [-0.2, -0.15) is 0 Å². The Balaban J connectivity index is 2.34. The Kier molecular flexibility index (Phi) is 2.51. The van der Waals surface area contributed by atoms with Gasteiger partial charge >= 0.3 is 0 Å².